The summed E-state index contributed by atoms with van der Waals surface area (Å²) in [5.41, 5.74) is 4.80. The number of ether oxygens (including phenoxy) is 2. The van der Waals surface area contributed by atoms with Gasteiger partial charge in [0.25, 0.3) is 0 Å². The monoisotopic (exact) mass is 242 g/mol. The molecule has 0 bridgehead atoms. The molecule has 0 unspecified atom stereocenters. The van der Waals surface area contributed by atoms with Crippen LogP contribution >= 0.6 is 0 Å². The topological polar surface area (TPSA) is 18.5 Å². The molecule has 18 heavy (non-hydrogen) atoms. The van der Waals surface area contributed by atoms with Crippen LogP contribution in [0, 0.1) is 13.8 Å². The number of hydrogen-bond donors (Lipinski definition) is 0. The molecule has 0 aromatic heterocycles. The van der Waals surface area contributed by atoms with Crippen LogP contribution in [0.15, 0.2) is 36.4 Å². The predicted octanol–water partition coefficient (Wildman–Crippen LogP) is 3.99. The molecule has 2 nitrogen and oxygen atoms in total. The molecule has 94 valence electrons. The van der Waals surface area contributed by atoms with E-state index in [1.54, 1.807) is 14.2 Å². The van der Waals surface area contributed by atoms with Gasteiger partial charge in [-0.2, -0.15) is 0 Å². The Balaban J connectivity index is 2.64. The number of rotatable bonds is 3. The Labute approximate surface area is 108 Å². The molecule has 0 radical (unpaired) electrons. The van der Waals surface area contributed by atoms with Crippen molar-refractivity contribution in [2.45, 2.75) is 13.8 Å². The fourth-order valence-electron chi connectivity index (χ4n) is 2.07. The molecule has 0 saturated heterocycles. The van der Waals surface area contributed by atoms with E-state index in [9.17, 15) is 0 Å². The highest BCUT2D eigenvalue weighted by Gasteiger charge is 2.10. The highest BCUT2D eigenvalue weighted by molar-refractivity contribution is 5.75. The SMILES string of the molecule is COc1ccc(OC)c(-c2cccc(C)c2C)c1. The van der Waals surface area contributed by atoms with Gasteiger partial charge in [-0.25, -0.2) is 0 Å². The quantitative estimate of drug-likeness (QED) is 0.810. The average Bonchev–Trinajstić information content (AvgIpc) is 2.41. The van der Waals surface area contributed by atoms with E-state index in [0.29, 0.717) is 0 Å². The van der Waals surface area contributed by atoms with Crippen LogP contribution in [-0.4, -0.2) is 14.2 Å². The van der Waals surface area contributed by atoms with Gasteiger partial charge >= 0.3 is 0 Å². The maximum atomic E-state index is 5.44. The van der Waals surface area contributed by atoms with Gasteiger partial charge in [0.2, 0.25) is 0 Å². The van der Waals surface area contributed by atoms with E-state index in [0.717, 1.165) is 17.1 Å². The standard InChI is InChI=1S/C16H18O2/c1-11-6-5-7-14(12(11)2)15-10-13(17-3)8-9-16(15)18-4/h5-10H,1-4H3. The van der Waals surface area contributed by atoms with Crippen LogP contribution in [0.2, 0.25) is 0 Å². The molecular weight excluding hydrogens is 224 g/mol. The van der Waals surface area contributed by atoms with Crippen molar-refractivity contribution < 1.29 is 9.47 Å². The third-order valence-electron chi connectivity index (χ3n) is 3.30. The lowest BCUT2D eigenvalue weighted by molar-refractivity contribution is 0.404. The molecular formula is C16H18O2. The van der Waals surface area contributed by atoms with Gasteiger partial charge in [-0.15, -0.1) is 0 Å². The normalized spacial score (nSPS) is 10.2. The second kappa shape index (κ2) is 5.13. The first-order valence-electron chi connectivity index (χ1n) is 5.96. The summed E-state index contributed by atoms with van der Waals surface area (Å²) in [6, 6.07) is 12.2. The summed E-state index contributed by atoms with van der Waals surface area (Å²) in [6.07, 6.45) is 0. The number of benzene rings is 2. The fourth-order valence-corrected chi connectivity index (χ4v) is 2.07. The van der Waals surface area contributed by atoms with E-state index in [4.69, 9.17) is 9.47 Å². The fraction of sp³-hybridized carbons (Fsp3) is 0.250. The van der Waals surface area contributed by atoms with Gasteiger partial charge in [0.05, 0.1) is 14.2 Å². The Morgan fingerprint density at radius 1 is 0.833 bits per heavy atom. The van der Waals surface area contributed by atoms with Gasteiger partial charge < -0.3 is 9.47 Å². The molecule has 0 aliphatic heterocycles. The predicted molar refractivity (Wildman–Crippen MR) is 74.5 cm³/mol. The minimum Gasteiger partial charge on any atom is -0.497 e. The molecule has 2 rings (SSSR count). The first kappa shape index (κ1) is 12.5. The highest BCUT2D eigenvalue weighted by atomic mass is 16.5. The Hall–Kier alpha value is -1.96. The molecule has 0 amide bonds. The largest absolute Gasteiger partial charge is 0.497 e. The van der Waals surface area contributed by atoms with Crippen LogP contribution in [0.5, 0.6) is 11.5 Å². The minimum atomic E-state index is 0.840. The van der Waals surface area contributed by atoms with E-state index in [1.165, 1.54) is 16.7 Å². The van der Waals surface area contributed by atoms with E-state index in [-0.39, 0.29) is 0 Å². The van der Waals surface area contributed by atoms with E-state index >= 15 is 0 Å². The molecule has 0 fully saturated rings. The lowest BCUT2D eigenvalue weighted by Crippen LogP contribution is -1.93. The van der Waals surface area contributed by atoms with E-state index in [1.807, 2.05) is 18.2 Å². The summed E-state index contributed by atoms with van der Waals surface area (Å²) in [4.78, 5) is 0. The first-order valence-corrected chi connectivity index (χ1v) is 5.96. The van der Waals surface area contributed by atoms with Crippen molar-refractivity contribution in [3.05, 3.63) is 47.5 Å². The van der Waals surface area contributed by atoms with Crippen molar-refractivity contribution in [2.24, 2.45) is 0 Å². The zero-order valence-corrected chi connectivity index (χ0v) is 11.3. The van der Waals surface area contributed by atoms with Crippen molar-refractivity contribution in [1.29, 1.82) is 0 Å². The molecule has 0 spiro atoms. The molecule has 0 N–H and O–H groups in total. The Kier molecular flexibility index (Phi) is 3.56. The maximum absolute atomic E-state index is 5.44. The lowest BCUT2D eigenvalue weighted by Gasteiger charge is -2.14. The summed E-state index contributed by atoms with van der Waals surface area (Å²) in [5, 5.41) is 0. The van der Waals surface area contributed by atoms with Crippen LogP contribution in [0.25, 0.3) is 11.1 Å². The summed E-state index contributed by atoms with van der Waals surface area (Å²) in [5.74, 6) is 1.70. The van der Waals surface area contributed by atoms with Gasteiger partial charge in [0, 0.05) is 5.56 Å². The van der Waals surface area contributed by atoms with Crippen molar-refractivity contribution in [2.75, 3.05) is 14.2 Å². The summed E-state index contributed by atoms with van der Waals surface area (Å²) < 4.78 is 10.7. The third-order valence-corrected chi connectivity index (χ3v) is 3.30. The molecule has 2 aromatic rings. The van der Waals surface area contributed by atoms with Crippen molar-refractivity contribution in [1.82, 2.24) is 0 Å². The van der Waals surface area contributed by atoms with Crippen LogP contribution in [0.3, 0.4) is 0 Å². The summed E-state index contributed by atoms with van der Waals surface area (Å²) in [7, 11) is 3.37. The molecule has 0 saturated carbocycles. The maximum Gasteiger partial charge on any atom is 0.126 e. The Morgan fingerprint density at radius 3 is 2.28 bits per heavy atom. The third kappa shape index (κ3) is 2.19. The lowest BCUT2D eigenvalue weighted by atomic mass is 9.96. The zero-order chi connectivity index (χ0) is 13.1. The van der Waals surface area contributed by atoms with Gasteiger partial charge in [0.15, 0.2) is 0 Å². The molecule has 2 heteroatoms. The van der Waals surface area contributed by atoms with Crippen molar-refractivity contribution in [3.8, 4) is 22.6 Å². The second-order valence-electron chi connectivity index (χ2n) is 4.31. The average molecular weight is 242 g/mol. The van der Waals surface area contributed by atoms with Gasteiger partial charge in [-0.3, -0.25) is 0 Å². The summed E-state index contributed by atoms with van der Waals surface area (Å²) in [6.45, 7) is 4.25. The van der Waals surface area contributed by atoms with Crippen LogP contribution in [0.1, 0.15) is 11.1 Å². The van der Waals surface area contributed by atoms with Crippen LogP contribution < -0.4 is 9.47 Å². The minimum absolute atomic E-state index is 0.840. The van der Waals surface area contributed by atoms with Gasteiger partial charge in [0.1, 0.15) is 11.5 Å². The molecule has 0 aliphatic carbocycles. The smallest absolute Gasteiger partial charge is 0.126 e. The Bertz CT molecular complexity index is 559. The van der Waals surface area contributed by atoms with Crippen molar-refractivity contribution in [3.63, 3.8) is 0 Å². The van der Waals surface area contributed by atoms with Crippen LogP contribution in [-0.2, 0) is 0 Å². The van der Waals surface area contributed by atoms with Gasteiger partial charge in [-0.05, 0) is 48.7 Å². The molecule has 0 aliphatic rings. The van der Waals surface area contributed by atoms with E-state index < -0.39 is 0 Å². The highest BCUT2D eigenvalue weighted by Crippen LogP contribution is 2.35. The van der Waals surface area contributed by atoms with Crippen molar-refractivity contribution >= 4 is 0 Å². The van der Waals surface area contributed by atoms with Crippen LogP contribution in [0.4, 0.5) is 0 Å². The number of methoxy groups -OCH3 is 2. The second-order valence-corrected chi connectivity index (χ2v) is 4.31. The zero-order valence-electron chi connectivity index (χ0n) is 11.3. The molecule has 0 atom stereocenters. The Morgan fingerprint density at radius 2 is 1.61 bits per heavy atom. The number of aryl methyl sites for hydroxylation is 1. The van der Waals surface area contributed by atoms with E-state index in [2.05, 4.69) is 32.0 Å². The molecule has 2 aromatic carbocycles. The summed E-state index contributed by atoms with van der Waals surface area (Å²) >= 11 is 0. The first-order chi connectivity index (χ1) is 8.67. The number of hydrogen-bond acceptors (Lipinski definition) is 2. The molecule has 0 heterocycles. The van der Waals surface area contributed by atoms with Gasteiger partial charge in [-0.1, -0.05) is 18.2 Å².